The summed E-state index contributed by atoms with van der Waals surface area (Å²) in [5, 5.41) is 20.2. The first-order valence-electron chi connectivity index (χ1n) is 9.88. The minimum atomic E-state index is -3.48. The first-order valence-corrected chi connectivity index (χ1v) is 11.6. The van der Waals surface area contributed by atoms with Gasteiger partial charge in [-0.1, -0.05) is 0 Å². The molecule has 0 spiro atoms. The zero-order chi connectivity index (χ0) is 19.1. The molecule has 0 aromatic heterocycles. The van der Waals surface area contributed by atoms with Gasteiger partial charge < -0.3 is 9.30 Å². The number of rotatable bonds is 4. The largest absolute Gasteiger partial charge is 0.496 e. The van der Waals surface area contributed by atoms with Gasteiger partial charge in [-0.15, -0.1) is 0 Å². The van der Waals surface area contributed by atoms with E-state index in [1.165, 1.54) is 19.3 Å². The average Bonchev–Trinajstić information content (AvgIpc) is 3.24. The molecule has 3 unspecified atom stereocenters. The van der Waals surface area contributed by atoms with Crippen molar-refractivity contribution >= 4 is 17.8 Å². The summed E-state index contributed by atoms with van der Waals surface area (Å²) < 4.78 is 19.6. The molecule has 4 saturated carbocycles. The van der Waals surface area contributed by atoms with Crippen LogP contribution in [0, 0.1) is 17.8 Å². The van der Waals surface area contributed by atoms with E-state index in [4.69, 9.17) is 14.5 Å². The molecule has 2 N–H and O–H groups in total. The molecule has 150 valence electrons. The van der Waals surface area contributed by atoms with Gasteiger partial charge in [0.2, 0.25) is 7.14 Å². The molecule has 4 bridgehead atoms. The van der Waals surface area contributed by atoms with Crippen molar-refractivity contribution < 1.29 is 39.4 Å². The molecule has 4 aliphatic carbocycles. The van der Waals surface area contributed by atoms with Crippen molar-refractivity contribution in [3.63, 3.8) is 0 Å². The highest BCUT2D eigenvalue weighted by molar-refractivity contribution is 7.91. The second-order valence-electron chi connectivity index (χ2n) is 9.56. The molecule has 0 radical (unpaired) electrons. The molecule has 8 rings (SSSR count). The summed E-state index contributed by atoms with van der Waals surface area (Å²) in [5.41, 5.74) is -0.667. The summed E-state index contributed by atoms with van der Waals surface area (Å²) in [7, 11) is -1.89. The van der Waals surface area contributed by atoms with E-state index in [1.807, 2.05) is 6.07 Å². The van der Waals surface area contributed by atoms with E-state index >= 15 is 0 Å². The van der Waals surface area contributed by atoms with Gasteiger partial charge >= 0.3 is 11.3 Å². The normalized spacial score (nSPS) is 50.9. The smallest absolute Gasteiger partial charge is 0.354 e. The van der Waals surface area contributed by atoms with Crippen molar-refractivity contribution in [2.24, 2.45) is 17.8 Å². The summed E-state index contributed by atoms with van der Waals surface area (Å²) in [6, 6.07) is 1.89. The van der Waals surface area contributed by atoms with Gasteiger partial charge in [-0.25, -0.2) is 10.5 Å². The number of fused-ring (bicyclic) bond motifs is 4. The molecule has 8 nitrogen and oxygen atoms in total. The molecule has 1 aromatic carbocycles. The minimum absolute atomic E-state index is 0.0153. The van der Waals surface area contributed by atoms with Gasteiger partial charge in [0, 0.05) is 16.4 Å². The lowest BCUT2D eigenvalue weighted by Crippen LogP contribution is -2.64. The van der Waals surface area contributed by atoms with Crippen molar-refractivity contribution in [3.05, 3.63) is 17.2 Å². The van der Waals surface area contributed by atoms with Crippen LogP contribution in [-0.2, 0) is 35.3 Å². The highest BCUT2D eigenvalue weighted by Gasteiger charge is 2.92. The fourth-order valence-electron chi connectivity index (χ4n) is 7.69. The van der Waals surface area contributed by atoms with Crippen LogP contribution >= 0.6 is 7.14 Å². The fraction of sp³-hybridized carbons (Fsp3) is 0.684. The van der Waals surface area contributed by atoms with Gasteiger partial charge in [-0.05, 0) is 67.8 Å². The van der Waals surface area contributed by atoms with Gasteiger partial charge in [0.05, 0.1) is 12.4 Å². The predicted molar refractivity (Wildman–Crippen MR) is 93.7 cm³/mol. The second-order valence-corrected chi connectivity index (χ2v) is 12.3. The molecule has 7 aliphatic rings. The zero-order valence-corrected chi connectivity index (χ0v) is 16.2. The van der Waals surface area contributed by atoms with E-state index in [1.54, 1.807) is 7.11 Å². The average molecular weight is 408 g/mol. The lowest BCUT2D eigenvalue weighted by Gasteiger charge is -2.57. The van der Waals surface area contributed by atoms with E-state index in [0.717, 1.165) is 42.6 Å². The Balaban J connectivity index is 1.47. The summed E-state index contributed by atoms with van der Waals surface area (Å²) in [4.78, 5) is 19.2. The Hall–Kier alpha value is -0.990. The molecule has 1 saturated heterocycles. The standard InChI is InChI=1S/C19H21O8P/c1-23-14-12(17-6-9-2-10(7-17)4-11(3-9)8-17)5-13-15-16(14)28(15,22)19(25-21)18(13,24-20)26-27-19/h5,9-11,20-21H,2-4,6-8H2,1H3. The molecule has 28 heavy (non-hydrogen) atoms. The lowest BCUT2D eigenvalue weighted by atomic mass is 9.48. The van der Waals surface area contributed by atoms with Crippen LogP contribution in [0.25, 0.3) is 0 Å². The molecular formula is C19H21O8P. The van der Waals surface area contributed by atoms with Gasteiger partial charge in [0.1, 0.15) is 5.75 Å². The van der Waals surface area contributed by atoms with Crippen LogP contribution in [0.1, 0.15) is 49.7 Å². The van der Waals surface area contributed by atoms with E-state index < -0.39 is 18.5 Å². The highest BCUT2D eigenvalue weighted by atomic mass is 31.2. The molecule has 9 heteroatoms. The molecule has 5 fully saturated rings. The Morgan fingerprint density at radius 2 is 1.64 bits per heavy atom. The van der Waals surface area contributed by atoms with E-state index in [-0.39, 0.29) is 5.41 Å². The molecule has 1 aromatic rings. The Morgan fingerprint density at radius 3 is 2.11 bits per heavy atom. The number of benzene rings is 1. The zero-order valence-electron chi connectivity index (χ0n) is 15.3. The van der Waals surface area contributed by atoms with Crippen molar-refractivity contribution in [1.29, 1.82) is 0 Å². The van der Waals surface area contributed by atoms with Crippen LogP contribution in [-0.4, -0.2) is 23.2 Å². The third kappa shape index (κ3) is 1.41. The number of hydrogen-bond donors (Lipinski definition) is 2. The van der Waals surface area contributed by atoms with Gasteiger partial charge in [0.15, 0.2) is 0 Å². The van der Waals surface area contributed by atoms with Crippen LogP contribution < -0.4 is 15.3 Å². The summed E-state index contributed by atoms with van der Waals surface area (Å²) in [6.45, 7) is 0. The molecule has 3 heterocycles. The summed E-state index contributed by atoms with van der Waals surface area (Å²) in [6.07, 6.45) is 7.22. The number of hydrogen-bond acceptors (Lipinski definition) is 8. The number of methoxy groups -OCH3 is 1. The molecule has 3 atom stereocenters. The second kappa shape index (κ2) is 4.67. The van der Waals surface area contributed by atoms with E-state index in [9.17, 15) is 15.1 Å². The Kier molecular flexibility index (Phi) is 2.80. The Morgan fingerprint density at radius 1 is 1.00 bits per heavy atom. The maximum atomic E-state index is 13.8. The van der Waals surface area contributed by atoms with Crippen LogP contribution in [0.15, 0.2) is 6.07 Å². The van der Waals surface area contributed by atoms with Crippen LogP contribution in [0.3, 0.4) is 0 Å². The first kappa shape index (κ1) is 16.8. The van der Waals surface area contributed by atoms with Gasteiger partial charge in [-0.2, -0.15) is 19.6 Å². The summed E-state index contributed by atoms with van der Waals surface area (Å²) in [5.74, 6) is 0.864. The molecule has 3 aliphatic heterocycles. The predicted octanol–water partition coefficient (Wildman–Crippen LogP) is 2.55. The highest BCUT2D eigenvalue weighted by Crippen LogP contribution is 2.83. The molecule has 0 amide bonds. The van der Waals surface area contributed by atoms with Crippen LogP contribution in [0.5, 0.6) is 5.75 Å². The fourth-order valence-corrected chi connectivity index (χ4v) is 11.2. The third-order valence-electron chi connectivity index (χ3n) is 8.33. The Labute approximate surface area is 160 Å². The maximum absolute atomic E-state index is 13.8. The maximum Gasteiger partial charge on any atom is 0.354 e. The SMILES string of the molecule is COc1c(C23CC4CC(CC(C4)C2)C3)cc2c3c1P3(=O)C1(OO)OOC21OO. The summed E-state index contributed by atoms with van der Waals surface area (Å²) >= 11 is 0. The van der Waals surface area contributed by atoms with E-state index in [2.05, 4.69) is 9.78 Å². The van der Waals surface area contributed by atoms with Gasteiger partial charge in [-0.3, -0.25) is 0 Å². The van der Waals surface area contributed by atoms with E-state index in [0.29, 0.717) is 21.9 Å². The first-order chi connectivity index (χ1) is 13.5. The molecular weight excluding hydrogens is 387 g/mol. The lowest BCUT2D eigenvalue weighted by molar-refractivity contribution is -0.701. The van der Waals surface area contributed by atoms with Crippen molar-refractivity contribution in [3.8, 4) is 5.75 Å². The topological polar surface area (TPSA) is 104 Å². The van der Waals surface area contributed by atoms with Crippen LogP contribution in [0.4, 0.5) is 0 Å². The van der Waals surface area contributed by atoms with Gasteiger partial charge in [0.25, 0.3) is 0 Å². The minimum Gasteiger partial charge on any atom is -0.496 e. The quantitative estimate of drug-likeness (QED) is 0.445. The van der Waals surface area contributed by atoms with Crippen molar-refractivity contribution in [1.82, 2.24) is 0 Å². The number of ether oxygens (including phenoxy) is 1. The van der Waals surface area contributed by atoms with Crippen LogP contribution in [0.2, 0.25) is 0 Å². The Bertz CT molecular complexity index is 947. The van der Waals surface area contributed by atoms with Crippen molar-refractivity contribution in [2.75, 3.05) is 7.11 Å². The van der Waals surface area contributed by atoms with Crippen molar-refractivity contribution in [2.45, 2.75) is 55.3 Å². The monoisotopic (exact) mass is 408 g/mol. The third-order valence-corrected chi connectivity index (χ3v) is 11.5.